The Labute approximate surface area is 369 Å². The topological polar surface area (TPSA) is 141 Å². The molecule has 1 aliphatic rings. The van der Waals surface area contributed by atoms with Gasteiger partial charge in [-0.25, -0.2) is 9.78 Å². The van der Waals surface area contributed by atoms with E-state index in [9.17, 15) is 4.79 Å². The van der Waals surface area contributed by atoms with E-state index in [1.54, 1.807) is 26.6 Å². The van der Waals surface area contributed by atoms with Crippen LogP contribution in [0.15, 0.2) is 141 Å². The van der Waals surface area contributed by atoms with E-state index < -0.39 is 38.4 Å². The summed E-state index contributed by atoms with van der Waals surface area (Å²) in [6.07, 6.45) is 2.66. The Kier molecular flexibility index (Phi) is 15.2. The van der Waals surface area contributed by atoms with Crippen LogP contribution in [-0.4, -0.2) is 89.6 Å². The highest BCUT2D eigenvalue weighted by atomic mass is 31.2. The lowest BCUT2D eigenvalue weighted by Gasteiger charge is -2.38. The van der Waals surface area contributed by atoms with E-state index in [0.717, 1.165) is 46.6 Å². The maximum atomic E-state index is 12.6. The minimum absolute atomic E-state index is 0.00803. The first-order valence-corrected chi connectivity index (χ1v) is 22.0. The molecule has 1 aliphatic heterocycles. The van der Waals surface area contributed by atoms with E-state index in [2.05, 4.69) is 71.2 Å². The molecule has 63 heavy (non-hydrogen) atoms. The summed E-state index contributed by atoms with van der Waals surface area (Å²) < 4.78 is 48.2. The average Bonchev–Trinajstić information content (AvgIpc) is 3.95. The number of hydrogen-bond donors (Lipinski definition) is 1. The van der Waals surface area contributed by atoms with Crippen molar-refractivity contribution in [1.82, 2.24) is 24.2 Å². The number of methoxy groups -OCH3 is 2. The molecule has 1 amide bonds. The Balaban J connectivity index is 1.32. The smallest absolute Gasteiger partial charge is 0.414 e. The fourth-order valence-corrected chi connectivity index (χ4v) is 9.53. The van der Waals surface area contributed by atoms with Gasteiger partial charge in [-0.15, -0.1) is 0 Å². The predicted molar refractivity (Wildman–Crippen MR) is 244 cm³/mol. The Morgan fingerprint density at radius 3 is 2.05 bits per heavy atom. The van der Waals surface area contributed by atoms with Gasteiger partial charge in [0.1, 0.15) is 50.9 Å². The summed E-state index contributed by atoms with van der Waals surface area (Å²) in [5, 5.41) is 3.68. The van der Waals surface area contributed by atoms with Gasteiger partial charge in [0.25, 0.3) is 0 Å². The molecule has 0 aliphatic carbocycles. The number of rotatable bonds is 21. The number of hydrogen-bond acceptors (Lipinski definition) is 12. The summed E-state index contributed by atoms with van der Waals surface area (Å²) in [6, 6.07) is 36.3. The molecule has 0 radical (unpaired) electrons. The largest absolute Gasteiger partial charge is 0.497 e. The molecule has 0 spiro atoms. The summed E-state index contributed by atoms with van der Waals surface area (Å²) in [5.41, 5.74) is 2.33. The Bertz CT molecular complexity index is 2370. The van der Waals surface area contributed by atoms with Crippen molar-refractivity contribution in [3.63, 3.8) is 0 Å². The van der Waals surface area contributed by atoms with Gasteiger partial charge in [-0.05, 0) is 41.0 Å². The van der Waals surface area contributed by atoms with E-state index in [1.165, 1.54) is 6.08 Å². The zero-order chi connectivity index (χ0) is 44.2. The van der Waals surface area contributed by atoms with Crippen LogP contribution in [-0.2, 0) is 24.3 Å². The van der Waals surface area contributed by atoms with Gasteiger partial charge < -0.3 is 32.9 Å². The third kappa shape index (κ3) is 10.1. The molecule has 1 fully saturated rings. The molecule has 2 aromatic heterocycles. The number of nitrogens with one attached hydrogen (secondary N) is 1. The fourth-order valence-electron chi connectivity index (χ4n) is 7.53. The maximum Gasteiger partial charge on any atom is 0.414 e. The molecule has 1 saturated heterocycles. The van der Waals surface area contributed by atoms with E-state index in [0.29, 0.717) is 17.6 Å². The second-order valence-electron chi connectivity index (χ2n) is 14.4. The van der Waals surface area contributed by atoms with Gasteiger partial charge in [-0.3, -0.25) is 14.6 Å². The van der Waals surface area contributed by atoms with E-state index in [-0.39, 0.29) is 31.6 Å². The molecule has 4 atom stereocenters. The summed E-state index contributed by atoms with van der Waals surface area (Å²) >= 11 is 0. The number of nitrogens with zero attached hydrogens (tertiary/aromatic N) is 5. The minimum Gasteiger partial charge on any atom is -0.497 e. The molecular weight excluding hydrogens is 820 g/mol. The maximum absolute atomic E-state index is 12.6. The van der Waals surface area contributed by atoms with Crippen molar-refractivity contribution in [1.29, 1.82) is 0 Å². The van der Waals surface area contributed by atoms with Crippen LogP contribution in [0.25, 0.3) is 11.2 Å². The van der Waals surface area contributed by atoms with Gasteiger partial charge in [0.15, 0.2) is 11.2 Å². The van der Waals surface area contributed by atoms with Gasteiger partial charge >= 0.3 is 6.09 Å². The van der Waals surface area contributed by atoms with Crippen LogP contribution in [0.4, 0.5) is 10.7 Å². The van der Waals surface area contributed by atoms with Crippen molar-refractivity contribution in [2.75, 3.05) is 52.4 Å². The molecule has 1 unspecified atom stereocenters. The zero-order valence-corrected chi connectivity index (χ0v) is 36.9. The summed E-state index contributed by atoms with van der Waals surface area (Å²) in [6.45, 7) is 13.5. The number of carbonyl (C=O) groups excluding carboxylic acids is 1. The second-order valence-corrected chi connectivity index (χ2v) is 16.2. The third-order valence-electron chi connectivity index (χ3n) is 10.6. The van der Waals surface area contributed by atoms with E-state index in [4.69, 9.17) is 37.9 Å². The van der Waals surface area contributed by atoms with Crippen LogP contribution in [0, 0.1) is 0 Å². The lowest BCUT2D eigenvalue weighted by Crippen LogP contribution is -2.39. The van der Waals surface area contributed by atoms with E-state index in [1.807, 2.05) is 89.5 Å². The van der Waals surface area contributed by atoms with Crippen LogP contribution in [0.1, 0.15) is 43.2 Å². The molecule has 0 bridgehead atoms. The normalized spacial score (nSPS) is 16.7. The number of fused-ring (bicyclic) bond motifs is 1. The zero-order valence-electron chi connectivity index (χ0n) is 36.0. The SMILES string of the molecule is C=CCOC(=O)Nc1nc(OCC=C)c2ncn([C@H]3C[C@H](OP(c4ccccc4)N(CC)CC)[C@@H](COC(c4ccccc4)(c4ccc(OC)cc4)c4ccc(OC)cc4)O3)c2n1. The van der Waals surface area contributed by atoms with Crippen molar-refractivity contribution < 1.29 is 37.7 Å². The summed E-state index contributed by atoms with van der Waals surface area (Å²) in [7, 11) is 2.04. The standard InChI is InChI=1S/C48H53N6O8P/c1-7-29-58-45-43-44(50-46(51-45)52-47(55)59-30-8-2)54(33-49-43)42-31-40(62-63(53(9-3)10-4)39-19-15-12-16-20-39)41(61-42)32-60-48(34-17-13-11-14-18-34,35-21-25-37(56-5)26-22-35)36-23-27-38(57-6)28-24-36/h7-8,11-28,33,40-42H,1-2,9-10,29-32H2,3-6H3,(H,50,51,52,55)/t40-,41+,42+,63?/m0/s1. The van der Waals surface area contributed by atoms with Crippen LogP contribution in [0.5, 0.6) is 17.4 Å². The van der Waals surface area contributed by atoms with Crippen LogP contribution >= 0.6 is 8.30 Å². The average molecular weight is 873 g/mol. The minimum atomic E-state index is -1.26. The Morgan fingerprint density at radius 1 is 0.857 bits per heavy atom. The molecule has 14 nitrogen and oxygen atoms in total. The van der Waals surface area contributed by atoms with Gasteiger partial charge in [-0.1, -0.05) is 124 Å². The van der Waals surface area contributed by atoms with E-state index >= 15 is 0 Å². The van der Waals surface area contributed by atoms with Crippen LogP contribution in [0.3, 0.4) is 0 Å². The number of carbonyl (C=O) groups is 1. The van der Waals surface area contributed by atoms with Gasteiger partial charge in [-0.2, -0.15) is 9.97 Å². The first-order chi connectivity index (χ1) is 30.8. The number of imidazole rings is 1. The van der Waals surface area contributed by atoms with Crippen molar-refractivity contribution in [2.45, 2.75) is 44.3 Å². The highest BCUT2D eigenvalue weighted by molar-refractivity contribution is 7.58. The molecule has 15 heteroatoms. The van der Waals surface area contributed by atoms with Crippen molar-refractivity contribution >= 4 is 36.8 Å². The lowest BCUT2D eigenvalue weighted by molar-refractivity contribution is -0.0897. The quantitative estimate of drug-likeness (QED) is 0.0420. The number of anilines is 1. The van der Waals surface area contributed by atoms with Crippen LogP contribution in [0.2, 0.25) is 0 Å². The molecule has 1 N–H and O–H groups in total. The Morgan fingerprint density at radius 2 is 1.46 bits per heavy atom. The van der Waals surface area contributed by atoms with Crippen molar-refractivity contribution in [2.24, 2.45) is 0 Å². The molecule has 4 aromatic carbocycles. The van der Waals surface area contributed by atoms with Gasteiger partial charge in [0.05, 0.1) is 33.3 Å². The van der Waals surface area contributed by atoms with Crippen molar-refractivity contribution in [3.05, 3.63) is 158 Å². The number of benzene rings is 4. The summed E-state index contributed by atoms with van der Waals surface area (Å²) in [5.74, 6) is 1.56. The van der Waals surface area contributed by atoms with Gasteiger partial charge in [0, 0.05) is 24.8 Å². The molecule has 3 heterocycles. The number of aromatic nitrogens is 4. The molecule has 328 valence electrons. The second kappa shape index (κ2) is 21.3. The first-order valence-electron chi connectivity index (χ1n) is 20.8. The fraction of sp³-hybridized carbons (Fsp3) is 0.292. The first kappa shape index (κ1) is 44.9. The lowest BCUT2D eigenvalue weighted by atomic mass is 9.80. The molecular formula is C48H53N6O8P. The Hall–Kier alpha value is -6.15. The number of amides is 1. The predicted octanol–water partition coefficient (Wildman–Crippen LogP) is 8.80. The third-order valence-corrected chi connectivity index (χ3v) is 12.9. The highest BCUT2D eigenvalue weighted by Crippen LogP contribution is 2.48. The monoisotopic (exact) mass is 872 g/mol. The molecule has 7 rings (SSSR count). The molecule has 6 aromatic rings. The summed E-state index contributed by atoms with van der Waals surface area (Å²) in [4.78, 5) is 26.5. The van der Waals surface area contributed by atoms with Crippen LogP contribution < -0.4 is 24.8 Å². The van der Waals surface area contributed by atoms with Crippen molar-refractivity contribution in [3.8, 4) is 17.4 Å². The highest BCUT2D eigenvalue weighted by Gasteiger charge is 2.44. The molecule has 0 saturated carbocycles. The number of ether oxygens (including phenoxy) is 6. The van der Waals surface area contributed by atoms with Gasteiger partial charge in [0.2, 0.25) is 11.8 Å².